The van der Waals surface area contributed by atoms with Gasteiger partial charge in [-0.2, -0.15) is 13.8 Å². The van der Waals surface area contributed by atoms with E-state index < -0.39 is 36.3 Å². The number of aromatic amines is 1. The highest BCUT2D eigenvalue weighted by Gasteiger charge is 2.39. The van der Waals surface area contributed by atoms with Crippen LogP contribution in [-0.2, 0) is 9.53 Å². The minimum atomic E-state index is -4.14. The molecular weight excluding hydrogens is 440 g/mol. The summed E-state index contributed by atoms with van der Waals surface area (Å²) < 4.78 is 31.5. The maximum atomic E-state index is 13.1. The Balaban J connectivity index is 1.35. The largest absolute Gasteiger partial charge is 0.477 e. The second-order valence-electron chi connectivity index (χ2n) is 7.15. The summed E-state index contributed by atoms with van der Waals surface area (Å²) in [5.41, 5.74) is 4.20. The fourth-order valence-corrected chi connectivity index (χ4v) is 3.50. The van der Waals surface area contributed by atoms with Crippen LogP contribution in [0.5, 0.6) is 0 Å². The van der Waals surface area contributed by atoms with Gasteiger partial charge in [0.15, 0.2) is 0 Å². The fourth-order valence-electron chi connectivity index (χ4n) is 3.50. The predicted octanol–water partition coefficient (Wildman–Crippen LogP) is 2.62. The molecule has 1 heterocycles. The molecule has 3 aromatic rings. The lowest BCUT2D eigenvalue weighted by molar-refractivity contribution is -0.163. The van der Waals surface area contributed by atoms with Gasteiger partial charge in [-0.25, -0.2) is 9.59 Å². The van der Waals surface area contributed by atoms with Crippen LogP contribution in [-0.4, -0.2) is 57.3 Å². The number of alkyl halides is 2. The normalized spacial score (nSPS) is 12.5. The topological polar surface area (TPSA) is 146 Å². The molecule has 4 rings (SSSR count). The summed E-state index contributed by atoms with van der Waals surface area (Å²) in [6, 6.07) is 15.6. The highest BCUT2D eigenvalue weighted by molar-refractivity contribution is 5.92. The number of halogens is 2. The molecule has 4 N–H and O–H groups in total. The van der Waals surface area contributed by atoms with E-state index in [9.17, 15) is 23.2 Å². The molecule has 170 valence electrons. The Morgan fingerprint density at radius 2 is 1.67 bits per heavy atom. The Kier molecular flexibility index (Phi) is 5.73. The Morgan fingerprint density at radius 1 is 1.06 bits per heavy atom. The summed E-state index contributed by atoms with van der Waals surface area (Å²) in [7, 11) is 0. The molecule has 1 aliphatic carbocycles. The van der Waals surface area contributed by atoms with E-state index in [0.29, 0.717) is 0 Å². The summed E-state index contributed by atoms with van der Waals surface area (Å²) in [5.74, 6) is -8.61. The molecule has 10 nitrogen and oxygen atoms in total. The third-order valence-corrected chi connectivity index (χ3v) is 5.04. The van der Waals surface area contributed by atoms with Crippen molar-refractivity contribution in [2.75, 3.05) is 18.5 Å². The number of carbonyl (C=O) groups is 3. The van der Waals surface area contributed by atoms with Gasteiger partial charge in [0.1, 0.15) is 6.61 Å². The van der Waals surface area contributed by atoms with Gasteiger partial charge in [0, 0.05) is 5.92 Å². The first kappa shape index (κ1) is 21.9. The monoisotopic (exact) mass is 457 g/mol. The van der Waals surface area contributed by atoms with E-state index in [2.05, 4.69) is 20.5 Å². The molecule has 0 radical (unpaired) electrons. The van der Waals surface area contributed by atoms with Gasteiger partial charge in [-0.15, -0.1) is 5.10 Å². The van der Waals surface area contributed by atoms with Gasteiger partial charge in [0.2, 0.25) is 5.82 Å². The van der Waals surface area contributed by atoms with Crippen LogP contribution in [0.4, 0.5) is 19.5 Å². The molecule has 33 heavy (non-hydrogen) atoms. The van der Waals surface area contributed by atoms with Crippen molar-refractivity contribution in [3.63, 3.8) is 0 Å². The smallest absolute Gasteiger partial charge is 0.414 e. The molecule has 1 aliphatic rings. The molecule has 1 aromatic heterocycles. The van der Waals surface area contributed by atoms with Gasteiger partial charge in [-0.05, 0) is 22.3 Å². The van der Waals surface area contributed by atoms with E-state index in [1.807, 2.05) is 48.5 Å². The SMILES string of the molecule is O=C(Nc1n[nH]c(C(=O)NCC(F)(F)C(=O)O)n1)OCC1c2ccccc2-c2ccccc21. The third kappa shape index (κ3) is 4.49. The molecule has 0 atom stereocenters. The second-order valence-corrected chi connectivity index (χ2v) is 7.15. The number of carboxylic acids is 1. The number of nitrogens with one attached hydrogen (secondary N) is 3. The highest BCUT2D eigenvalue weighted by Crippen LogP contribution is 2.44. The first-order valence-corrected chi connectivity index (χ1v) is 9.70. The average molecular weight is 457 g/mol. The van der Waals surface area contributed by atoms with E-state index in [-0.39, 0.29) is 18.5 Å². The molecule has 2 aromatic carbocycles. The molecule has 2 amide bonds. The Hall–Kier alpha value is -4.35. The zero-order valence-electron chi connectivity index (χ0n) is 16.8. The molecule has 0 unspecified atom stereocenters. The van der Waals surface area contributed by atoms with Gasteiger partial charge in [-0.3, -0.25) is 15.2 Å². The minimum absolute atomic E-state index is 0.0435. The second kappa shape index (κ2) is 8.65. The molecule has 0 saturated carbocycles. The first-order valence-electron chi connectivity index (χ1n) is 9.70. The molecule has 0 aliphatic heterocycles. The minimum Gasteiger partial charge on any atom is -0.477 e. The zero-order valence-corrected chi connectivity index (χ0v) is 16.8. The van der Waals surface area contributed by atoms with E-state index in [1.54, 1.807) is 5.32 Å². The molecule has 12 heteroatoms. The Bertz CT molecular complexity index is 1180. The quantitative estimate of drug-likeness (QED) is 0.427. The number of ether oxygens (including phenoxy) is 1. The maximum absolute atomic E-state index is 13.1. The number of carbonyl (C=O) groups excluding carboxylic acids is 2. The number of nitrogens with zero attached hydrogens (tertiary/aromatic N) is 2. The van der Waals surface area contributed by atoms with Gasteiger partial charge in [0.05, 0.1) is 6.54 Å². The number of carboxylic acid groups (broad SMARTS) is 1. The molecular formula is C21H17F2N5O5. The van der Waals surface area contributed by atoms with Crippen LogP contribution in [0.25, 0.3) is 11.1 Å². The van der Waals surface area contributed by atoms with E-state index in [1.165, 1.54) is 0 Å². The Morgan fingerprint density at radius 3 is 2.27 bits per heavy atom. The Labute approximate surface area is 185 Å². The number of fused-ring (bicyclic) bond motifs is 3. The third-order valence-electron chi connectivity index (χ3n) is 5.04. The van der Waals surface area contributed by atoms with Crippen molar-refractivity contribution in [3.05, 3.63) is 65.5 Å². The van der Waals surface area contributed by atoms with Crippen LogP contribution in [0.1, 0.15) is 27.7 Å². The molecule has 0 bridgehead atoms. The first-order chi connectivity index (χ1) is 15.8. The number of H-pyrrole nitrogens is 1. The standard InChI is InChI=1S/C21H17F2N5O5/c22-21(23,18(30)31)10-24-17(29)16-25-19(28-27-16)26-20(32)33-9-15-13-7-3-1-5-11(13)12-6-2-4-8-14(12)15/h1-8,15H,9-10H2,(H,24,29)(H,30,31)(H2,25,26,27,28,32). The van der Waals surface area contributed by atoms with Crippen molar-refractivity contribution in [2.45, 2.75) is 11.8 Å². The highest BCUT2D eigenvalue weighted by atomic mass is 19.3. The van der Waals surface area contributed by atoms with Crippen molar-refractivity contribution < 1.29 is 33.0 Å². The number of hydrogen-bond donors (Lipinski definition) is 4. The number of rotatable bonds is 7. The predicted molar refractivity (Wildman–Crippen MR) is 110 cm³/mol. The summed E-state index contributed by atoms with van der Waals surface area (Å²) in [6.07, 6.45) is -0.875. The lowest BCUT2D eigenvalue weighted by Crippen LogP contribution is -2.42. The number of aliphatic carboxylic acids is 1. The fraction of sp³-hybridized carbons (Fsp3) is 0.190. The van der Waals surface area contributed by atoms with Crippen LogP contribution in [0, 0.1) is 0 Å². The molecule has 0 saturated heterocycles. The van der Waals surface area contributed by atoms with Gasteiger partial charge in [0.25, 0.3) is 11.9 Å². The van der Waals surface area contributed by atoms with Crippen LogP contribution in [0.3, 0.4) is 0 Å². The van der Waals surface area contributed by atoms with Gasteiger partial charge < -0.3 is 15.2 Å². The van der Waals surface area contributed by atoms with Crippen molar-refractivity contribution in [2.24, 2.45) is 0 Å². The lowest BCUT2D eigenvalue weighted by Gasteiger charge is -2.13. The van der Waals surface area contributed by atoms with E-state index in [4.69, 9.17) is 9.84 Å². The van der Waals surface area contributed by atoms with Gasteiger partial charge in [-0.1, -0.05) is 48.5 Å². The maximum Gasteiger partial charge on any atom is 0.414 e. The van der Waals surface area contributed by atoms with Crippen molar-refractivity contribution >= 4 is 23.9 Å². The molecule has 0 fully saturated rings. The lowest BCUT2D eigenvalue weighted by atomic mass is 9.98. The number of aromatic nitrogens is 3. The summed E-state index contributed by atoms with van der Waals surface area (Å²) >= 11 is 0. The number of anilines is 1. The number of hydrogen-bond acceptors (Lipinski definition) is 6. The summed E-state index contributed by atoms with van der Waals surface area (Å²) in [5, 5.41) is 18.1. The number of amides is 2. The van der Waals surface area contributed by atoms with E-state index >= 15 is 0 Å². The zero-order chi connectivity index (χ0) is 23.6. The van der Waals surface area contributed by atoms with Crippen molar-refractivity contribution in [3.8, 4) is 11.1 Å². The summed E-state index contributed by atoms with van der Waals surface area (Å²) in [4.78, 5) is 38.1. The van der Waals surface area contributed by atoms with Crippen molar-refractivity contribution in [1.82, 2.24) is 20.5 Å². The van der Waals surface area contributed by atoms with E-state index in [0.717, 1.165) is 22.3 Å². The van der Waals surface area contributed by atoms with Crippen LogP contribution in [0.2, 0.25) is 0 Å². The summed E-state index contributed by atoms with van der Waals surface area (Å²) in [6.45, 7) is -1.39. The average Bonchev–Trinajstić information content (AvgIpc) is 3.39. The van der Waals surface area contributed by atoms with Crippen LogP contribution in [0.15, 0.2) is 48.5 Å². The van der Waals surface area contributed by atoms with Crippen molar-refractivity contribution in [1.29, 1.82) is 0 Å². The number of benzene rings is 2. The molecule has 0 spiro atoms. The van der Waals surface area contributed by atoms with Gasteiger partial charge >= 0.3 is 18.0 Å². The van der Waals surface area contributed by atoms with Crippen LogP contribution < -0.4 is 10.6 Å². The van der Waals surface area contributed by atoms with Crippen LogP contribution >= 0.6 is 0 Å².